The maximum atomic E-state index is 13.3. The van der Waals surface area contributed by atoms with Gasteiger partial charge in [-0.05, 0) is 42.7 Å². The fraction of sp³-hybridized carbons (Fsp3) is 0.304. The predicted octanol–water partition coefficient (Wildman–Crippen LogP) is 2.10. The van der Waals surface area contributed by atoms with E-state index in [1.807, 2.05) is 6.92 Å². The fourth-order valence-electron chi connectivity index (χ4n) is 4.72. The number of rotatable bonds is 3. The number of fused-ring (bicyclic) bond motifs is 5. The molecule has 1 aromatic carbocycles. The molecule has 0 fully saturated rings. The molecule has 0 aliphatic carbocycles. The summed E-state index contributed by atoms with van der Waals surface area (Å²) in [4.78, 5) is 41.6. The van der Waals surface area contributed by atoms with Gasteiger partial charge in [-0.1, -0.05) is 13.8 Å². The molecule has 2 aromatic heterocycles. The molecule has 164 valence electrons. The number of esters is 1. The third kappa shape index (κ3) is 2.67. The Kier molecular flexibility index (Phi) is 4.35. The van der Waals surface area contributed by atoms with Crippen molar-refractivity contribution >= 4 is 23.0 Å². The minimum Gasteiger partial charge on any atom is -0.458 e. The molecule has 1 atom stereocenters. The van der Waals surface area contributed by atoms with Gasteiger partial charge < -0.3 is 24.9 Å². The van der Waals surface area contributed by atoms with E-state index in [-0.39, 0.29) is 29.7 Å². The van der Waals surface area contributed by atoms with Gasteiger partial charge in [0, 0.05) is 16.5 Å². The lowest BCUT2D eigenvalue weighted by Gasteiger charge is -2.31. The van der Waals surface area contributed by atoms with Crippen molar-refractivity contribution < 1.29 is 24.2 Å². The highest BCUT2D eigenvalue weighted by Gasteiger charge is 2.45. The summed E-state index contributed by atoms with van der Waals surface area (Å²) < 4.78 is 11.7. The standard InChI is InChI=1S/C23H21N3O6/c1-3-12-13-7-11(32-22(24)29)5-6-17(13)25-19-14(12)9-26-18(19)8-16-15(20(26)27)10-31-21(28)23(16,30)4-2/h5-8,30H,3-4,9-10H2,1-2H3,(H2,24,29)/t23-/m0/s1. The van der Waals surface area contributed by atoms with Crippen molar-refractivity contribution in [1.29, 1.82) is 0 Å². The highest BCUT2D eigenvalue weighted by atomic mass is 16.6. The summed E-state index contributed by atoms with van der Waals surface area (Å²) in [6.07, 6.45) is -0.159. The molecule has 0 saturated carbocycles. The number of carbonyl (C=O) groups excluding carboxylic acids is 2. The van der Waals surface area contributed by atoms with Crippen LogP contribution in [-0.4, -0.2) is 26.7 Å². The van der Waals surface area contributed by atoms with Crippen molar-refractivity contribution in [3.05, 3.63) is 56.9 Å². The quantitative estimate of drug-likeness (QED) is 0.471. The van der Waals surface area contributed by atoms with Crippen LogP contribution in [0.4, 0.5) is 4.79 Å². The smallest absolute Gasteiger partial charge is 0.409 e. The van der Waals surface area contributed by atoms with E-state index in [2.05, 4.69) is 0 Å². The number of aryl methyl sites for hydroxylation is 1. The Labute approximate surface area is 182 Å². The number of aliphatic hydroxyl groups is 1. The zero-order valence-corrected chi connectivity index (χ0v) is 17.6. The molecule has 9 nitrogen and oxygen atoms in total. The van der Waals surface area contributed by atoms with Crippen LogP contribution in [-0.2, 0) is 34.7 Å². The van der Waals surface area contributed by atoms with Crippen LogP contribution in [0.1, 0.15) is 42.5 Å². The SMILES string of the molecule is CCc1c2c(nc3ccc(OC(N)=O)cc13)-c1cc3c(c(=O)n1C2)COC(=O)[C@]3(O)CC. The van der Waals surface area contributed by atoms with E-state index in [0.29, 0.717) is 35.6 Å². The second-order valence-electron chi connectivity index (χ2n) is 7.97. The average Bonchev–Trinajstić information content (AvgIpc) is 3.13. The number of amides is 1. The number of nitrogens with two attached hydrogens (primary N) is 1. The molecule has 3 aromatic rings. The molecular formula is C23H21N3O6. The van der Waals surface area contributed by atoms with Crippen molar-refractivity contribution in [2.75, 3.05) is 0 Å². The van der Waals surface area contributed by atoms with Crippen LogP contribution in [0.2, 0.25) is 0 Å². The molecule has 32 heavy (non-hydrogen) atoms. The molecule has 1 amide bonds. The van der Waals surface area contributed by atoms with Crippen molar-refractivity contribution in [2.45, 2.75) is 45.4 Å². The maximum Gasteiger partial charge on any atom is 0.409 e. The van der Waals surface area contributed by atoms with Gasteiger partial charge in [0.05, 0.1) is 29.0 Å². The Balaban J connectivity index is 1.76. The number of nitrogens with zero attached hydrogens (tertiary/aromatic N) is 2. The molecule has 0 unspecified atom stereocenters. The summed E-state index contributed by atoms with van der Waals surface area (Å²) in [7, 11) is 0. The van der Waals surface area contributed by atoms with E-state index >= 15 is 0 Å². The number of pyridine rings is 2. The van der Waals surface area contributed by atoms with E-state index in [9.17, 15) is 19.5 Å². The van der Waals surface area contributed by atoms with Crippen LogP contribution in [0.15, 0.2) is 29.1 Å². The van der Waals surface area contributed by atoms with Crippen LogP contribution < -0.4 is 16.0 Å². The van der Waals surface area contributed by atoms with Crippen molar-refractivity contribution in [3.63, 3.8) is 0 Å². The molecule has 4 heterocycles. The first kappa shape index (κ1) is 20.2. The Bertz CT molecular complexity index is 1390. The van der Waals surface area contributed by atoms with E-state index in [1.54, 1.807) is 35.8 Å². The Morgan fingerprint density at radius 3 is 2.75 bits per heavy atom. The third-order valence-corrected chi connectivity index (χ3v) is 6.35. The van der Waals surface area contributed by atoms with E-state index in [0.717, 1.165) is 16.5 Å². The van der Waals surface area contributed by atoms with Gasteiger partial charge in [-0.2, -0.15) is 0 Å². The molecule has 0 saturated heterocycles. The minimum atomic E-state index is -1.86. The molecule has 0 spiro atoms. The van der Waals surface area contributed by atoms with Crippen molar-refractivity contribution in [1.82, 2.24) is 9.55 Å². The lowest BCUT2D eigenvalue weighted by molar-refractivity contribution is -0.172. The van der Waals surface area contributed by atoms with Crippen LogP contribution in [0, 0.1) is 0 Å². The van der Waals surface area contributed by atoms with Gasteiger partial charge in [0.25, 0.3) is 5.56 Å². The lowest BCUT2D eigenvalue weighted by Crippen LogP contribution is -2.44. The minimum absolute atomic E-state index is 0.0859. The molecule has 0 bridgehead atoms. The number of ether oxygens (including phenoxy) is 2. The molecule has 5 rings (SSSR count). The van der Waals surface area contributed by atoms with Crippen LogP contribution in [0.5, 0.6) is 5.75 Å². The summed E-state index contributed by atoms with van der Waals surface area (Å²) in [5, 5.41) is 11.8. The highest BCUT2D eigenvalue weighted by Crippen LogP contribution is 2.40. The Morgan fingerprint density at radius 1 is 1.28 bits per heavy atom. The maximum absolute atomic E-state index is 13.3. The topological polar surface area (TPSA) is 134 Å². The first-order valence-electron chi connectivity index (χ1n) is 10.4. The molecule has 9 heteroatoms. The molecule has 0 radical (unpaired) electrons. The van der Waals surface area contributed by atoms with Gasteiger partial charge in [-0.15, -0.1) is 0 Å². The van der Waals surface area contributed by atoms with E-state index in [4.69, 9.17) is 20.2 Å². The number of carbonyl (C=O) groups is 2. The van der Waals surface area contributed by atoms with Crippen LogP contribution in [0.3, 0.4) is 0 Å². The first-order chi connectivity index (χ1) is 15.3. The summed E-state index contributed by atoms with van der Waals surface area (Å²) in [6, 6.07) is 6.74. The van der Waals surface area contributed by atoms with Crippen molar-refractivity contribution in [2.24, 2.45) is 5.73 Å². The van der Waals surface area contributed by atoms with E-state index in [1.165, 1.54) is 0 Å². The van der Waals surface area contributed by atoms with Gasteiger partial charge in [0.2, 0.25) is 0 Å². The number of hydrogen-bond donors (Lipinski definition) is 2. The van der Waals surface area contributed by atoms with E-state index < -0.39 is 17.7 Å². The van der Waals surface area contributed by atoms with Gasteiger partial charge in [-0.3, -0.25) is 4.79 Å². The zero-order valence-electron chi connectivity index (χ0n) is 17.6. The van der Waals surface area contributed by atoms with Gasteiger partial charge in [0.15, 0.2) is 5.60 Å². The molecule has 2 aliphatic rings. The summed E-state index contributed by atoms with van der Waals surface area (Å²) >= 11 is 0. The second kappa shape index (κ2) is 6.89. The molecular weight excluding hydrogens is 414 g/mol. The Hall–Kier alpha value is -3.72. The van der Waals surface area contributed by atoms with Gasteiger partial charge >= 0.3 is 12.1 Å². The first-order valence-corrected chi connectivity index (χ1v) is 10.4. The van der Waals surface area contributed by atoms with Crippen molar-refractivity contribution in [3.8, 4) is 17.1 Å². The summed E-state index contributed by atoms with van der Waals surface area (Å²) in [5.41, 5.74) is 7.24. The number of cyclic esters (lactones) is 1. The lowest BCUT2D eigenvalue weighted by atomic mass is 9.86. The summed E-state index contributed by atoms with van der Waals surface area (Å²) in [6.45, 7) is 3.80. The highest BCUT2D eigenvalue weighted by molar-refractivity contribution is 5.90. The number of benzene rings is 1. The zero-order chi connectivity index (χ0) is 22.8. The number of primary amides is 1. The predicted molar refractivity (Wildman–Crippen MR) is 114 cm³/mol. The largest absolute Gasteiger partial charge is 0.458 e. The van der Waals surface area contributed by atoms with Crippen LogP contribution in [0.25, 0.3) is 22.3 Å². The normalized spacial score (nSPS) is 18.7. The molecule has 3 N–H and O–H groups in total. The molecule has 2 aliphatic heterocycles. The average molecular weight is 435 g/mol. The Morgan fingerprint density at radius 2 is 2.06 bits per heavy atom. The van der Waals surface area contributed by atoms with Gasteiger partial charge in [0.1, 0.15) is 12.4 Å². The second-order valence-corrected chi connectivity index (χ2v) is 7.97. The number of hydrogen-bond acceptors (Lipinski definition) is 7. The van der Waals surface area contributed by atoms with Crippen LogP contribution >= 0.6 is 0 Å². The number of aromatic nitrogens is 2. The fourth-order valence-corrected chi connectivity index (χ4v) is 4.72. The third-order valence-electron chi connectivity index (χ3n) is 6.35. The monoisotopic (exact) mass is 435 g/mol. The van der Waals surface area contributed by atoms with Gasteiger partial charge in [-0.25, -0.2) is 14.6 Å². The summed E-state index contributed by atoms with van der Waals surface area (Å²) in [5.74, 6) is -0.439.